The van der Waals surface area contributed by atoms with Crippen molar-refractivity contribution in [3.05, 3.63) is 82.4 Å². The van der Waals surface area contributed by atoms with E-state index in [0.717, 1.165) is 16.6 Å². The Hall–Kier alpha value is -4.15. The molecule has 0 unspecified atom stereocenters. The molecule has 0 saturated carbocycles. The summed E-state index contributed by atoms with van der Waals surface area (Å²) in [6.45, 7) is 0.733. The van der Waals surface area contributed by atoms with Crippen molar-refractivity contribution in [2.45, 2.75) is 25.9 Å². The molecule has 3 N–H and O–H groups in total. The summed E-state index contributed by atoms with van der Waals surface area (Å²) in [6.07, 6.45) is 4.21. The number of nitrogens with zero attached hydrogens (tertiary/aromatic N) is 4. The van der Waals surface area contributed by atoms with Gasteiger partial charge in [-0.15, -0.1) is 0 Å². The van der Waals surface area contributed by atoms with Gasteiger partial charge in [-0.05, 0) is 36.8 Å². The van der Waals surface area contributed by atoms with E-state index in [1.54, 1.807) is 13.3 Å². The molecule has 0 aliphatic carbocycles. The second-order valence-corrected chi connectivity index (χ2v) is 7.44. The first-order chi connectivity index (χ1) is 15.8. The first kappa shape index (κ1) is 22.1. The van der Waals surface area contributed by atoms with Gasteiger partial charge in [0.05, 0.1) is 23.9 Å². The van der Waals surface area contributed by atoms with Crippen molar-refractivity contribution in [1.82, 2.24) is 29.8 Å². The molecule has 1 amide bonds. The second-order valence-electron chi connectivity index (χ2n) is 7.44. The Bertz CT molecular complexity index is 1340. The molecular weight excluding hydrogens is 432 g/mol. The third kappa shape index (κ3) is 5.03. The fraction of sp³-hybridized carbons (Fsp3) is 0.227. The third-order valence-electron chi connectivity index (χ3n) is 5.05. The standard InChI is InChI=1S/C22H21F2N7O2/c1-14-9-27-20(28-12-22(23,24)18-4-2-3-7-25-18)21(33)31(14)11-19(32)26-10-15-5-6-16-17(8-15)30-13-29-16/h2-9,13H,10-12H2,1H3,(H,26,32)(H,27,28)(H,29,30). The number of carbonyl (C=O) groups is 1. The fourth-order valence-electron chi connectivity index (χ4n) is 3.25. The van der Waals surface area contributed by atoms with Gasteiger partial charge in [-0.25, -0.2) is 9.97 Å². The molecule has 0 aliphatic heterocycles. The minimum Gasteiger partial charge on any atom is -0.359 e. The lowest BCUT2D eigenvalue weighted by Crippen LogP contribution is -2.36. The van der Waals surface area contributed by atoms with Crippen LogP contribution in [0, 0.1) is 6.92 Å². The summed E-state index contributed by atoms with van der Waals surface area (Å²) in [4.78, 5) is 39.9. The summed E-state index contributed by atoms with van der Waals surface area (Å²) in [5, 5.41) is 5.14. The molecule has 0 saturated heterocycles. The van der Waals surface area contributed by atoms with Crippen molar-refractivity contribution >= 4 is 22.8 Å². The van der Waals surface area contributed by atoms with Crippen LogP contribution in [0.5, 0.6) is 0 Å². The number of benzene rings is 1. The highest BCUT2D eigenvalue weighted by atomic mass is 19.3. The van der Waals surface area contributed by atoms with Crippen LogP contribution in [0.2, 0.25) is 0 Å². The number of pyridine rings is 1. The van der Waals surface area contributed by atoms with E-state index in [2.05, 4.69) is 30.6 Å². The SMILES string of the molecule is Cc1cnc(NCC(F)(F)c2ccccn2)c(=O)n1CC(=O)NCc1ccc2nc[nH]c2c1. The first-order valence-corrected chi connectivity index (χ1v) is 10.1. The maximum Gasteiger partial charge on any atom is 0.306 e. The number of amides is 1. The number of carbonyl (C=O) groups excluding carboxylic acids is 1. The minimum atomic E-state index is -3.31. The largest absolute Gasteiger partial charge is 0.359 e. The Morgan fingerprint density at radius 3 is 2.82 bits per heavy atom. The highest BCUT2D eigenvalue weighted by Gasteiger charge is 2.33. The Morgan fingerprint density at radius 1 is 1.18 bits per heavy atom. The minimum absolute atomic E-state index is 0.258. The average Bonchev–Trinajstić information content (AvgIpc) is 3.28. The van der Waals surface area contributed by atoms with Gasteiger partial charge in [0.1, 0.15) is 12.2 Å². The lowest BCUT2D eigenvalue weighted by Gasteiger charge is -2.17. The average molecular weight is 453 g/mol. The summed E-state index contributed by atoms with van der Waals surface area (Å²) < 4.78 is 29.9. The van der Waals surface area contributed by atoms with Gasteiger partial charge >= 0.3 is 5.92 Å². The van der Waals surface area contributed by atoms with Crippen molar-refractivity contribution in [3.63, 3.8) is 0 Å². The van der Waals surface area contributed by atoms with Crippen LogP contribution in [0.25, 0.3) is 11.0 Å². The van der Waals surface area contributed by atoms with Crippen LogP contribution < -0.4 is 16.2 Å². The molecule has 11 heteroatoms. The molecule has 9 nitrogen and oxygen atoms in total. The Morgan fingerprint density at radius 2 is 2.03 bits per heavy atom. The summed E-state index contributed by atoms with van der Waals surface area (Å²) in [5.74, 6) is -3.98. The fourth-order valence-corrected chi connectivity index (χ4v) is 3.25. The number of aromatic amines is 1. The molecule has 0 spiro atoms. The lowest BCUT2D eigenvalue weighted by molar-refractivity contribution is -0.121. The molecule has 0 radical (unpaired) electrons. The van der Waals surface area contributed by atoms with Crippen LogP contribution in [-0.4, -0.2) is 37.0 Å². The summed E-state index contributed by atoms with van der Waals surface area (Å²) in [5.41, 5.74) is 1.87. The highest BCUT2D eigenvalue weighted by Crippen LogP contribution is 2.25. The number of imidazole rings is 1. The maximum absolute atomic E-state index is 14.4. The van der Waals surface area contributed by atoms with Crippen LogP contribution >= 0.6 is 0 Å². The molecule has 4 rings (SSSR count). The number of hydrogen-bond donors (Lipinski definition) is 3. The number of fused-ring (bicyclic) bond motifs is 1. The molecule has 3 heterocycles. The Balaban J connectivity index is 1.41. The zero-order chi connectivity index (χ0) is 23.4. The van der Waals surface area contributed by atoms with E-state index >= 15 is 0 Å². The van der Waals surface area contributed by atoms with Crippen molar-refractivity contribution in [3.8, 4) is 0 Å². The molecule has 0 bridgehead atoms. The van der Waals surface area contributed by atoms with Crippen molar-refractivity contribution < 1.29 is 13.6 Å². The summed E-state index contributed by atoms with van der Waals surface area (Å²) in [6, 6.07) is 9.75. The van der Waals surface area contributed by atoms with E-state index in [9.17, 15) is 18.4 Å². The Labute approximate surface area is 186 Å². The van der Waals surface area contributed by atoms with Crippen LogP contribution in [0.4, 0.5) is 14.6 Å². The van der Waals surface area contributed by atoms with Crippen molar-refractivity contribution in [1.29, 1.82) is 0 Å². The highest BCUT2D eigenvalue weighted by molar-refractivity contribution is 5.77. The second kappa shape index (κ2) is 9.15. The van der Waals surface area contributed by atoms with E-state index in [0.29, 0.717) is 5.69 Å². The monoisotopic (exact) mass is 453 g/mol. The Kier molecular flexibility index (Phi) is 6.11. The topological polar surface area (TPSA) is 118 Å². The first-order valence-electron chi connectivity index (χ1n) is 10.1. The van der Waals surface area contributed by atoms with Crippen molar-refractivity contribution in [2.24, 2.45) is 0 Å². The number of halogens is 2. The molecule has 1 aromatic carbocycles. The summed E-state index contributed by atoms with van der Waals surface area (Å²) >= 11 is 0. The molecular formula is C22H21F2N7O2. The number of aryl methyl sites for hydroxylation is 1. The smallest absolute Gasteiger partial charge is 0.306 e. The molecule has 3 aromatic heterocycles. The zero-order valence-corrected chi connectivity index (χ0v) is 17.7. The zero-order valence-electron chi connectivity index (χ0n) is 17.7. The van der Waals surface area contributed by atoms with Gasteiger partial charge in [0.2, 0.25) is 5.91 Å². The van der Waals surface area contributed by atoms with Gasteiger partial charge in [0.25, 0.3) is 5.56 Å². The number of rotatable bonds is 8. The molecule has 4 aromatic rings. The predicted octanol–water partition coefficient (Wildman–Crippen LogP) is 2.34. The van der Waals surface area contributed by atoms with Crippen LogP contribution in [0.1, 0.15) is 17.0 Å². The van der Waals surface area contributed by atoms with Gasteiger partial charge in [0, 0.05) is 24.6 Å². The third-order valence-corrected chi connectivity index (χ3v) is 5.05. The van der Waals surface area contributed by atoms with Gasteiger partial charge in [-0.2, -0.15) is 8.78 Å². The number of anilines is 1. The van der Waals surface area contributed by atoms with E-state index in [1.165, 1.54) is 35.2 Å². The number of aromatic nitrogens is 5. The summed E-state index contributed by atoms with van der Waals surface area (Å²) in [7, 11) is 0. The van der Waals surface area contributed by atoms with Gasteiger partial charge in [-0.1, -0.05) is 12.1 Å². The number of hydrogen-bond acceptors (Lipinski definition) is 6. The molecule has 170 valence electrons. The normalized spacial score (nSPS) is 11.5. The lowest BCUT2D eigenvalue weighted by atomic mass is 10.2. The molecule has 0 fully saturated rings. The van der Waals surface area contributed by atoms with E-state index in [4.69, 9.17) is 0 Å². The van der Waals surface area contributed by atoms with Crippen LogP contribution in [0.3, 0.4) is 0 Å². The van der Waals surface area contributed by atoms with E-state index in [1.807, 2.05) is 18.2 Å². The van der Waals surface area contributed by atoms with Crippen molar-refractivity contribution in [2.75, 3.05) is 11.9 Å². The molecule has 0 atom stereocenters. The predicted molar refractivity (Wildman–Crippen MR) is 118 cm³/mol. The number of alkyl halides is 2. The van der Waals surface area contributed by atoms with Crippen LogP contribution in [-0.2, 0) is 23.8 Å². The van der Waals surface area contributed by atoms with E-state index < -0.39 is 29.6 Å². The quantitative estimate of drug-likeness (QED) is 0.377. The number of H-pyrrole nitrogens is 1. The molecule has 0 aliphatic rings. The van der Waals surface area contributed by atoms with E-state index in [-0.39, 0.29) is 18.9 Å². The van der Waals surface area contributed by atoms with Gasteiger partial charge in [0.15, 0.2) is 5.82 Å². The van der Waals surface area contributed by atoms with Crippen LogP contribution in [0.15, 0.2) is 59.9 Å². The van der Waals surface area contributed by atoms with Gasteiger partial charge < -0.3 is 15.6 Å². The number of nitrogens with one attached hydrogen (secondary N) is 3. The van der Waals surface area contributed by atoms with Gasteiger partial charge in [-0.3, -0.25) is 19.1 Å². The molecule has 33 heavy (non-hydrogen) atoms. The maximum atomic E-state index is 14.4.